The second-order valence-electron chi connectivity index (χ2n) is 6.12. The largest absolute Gasteiger partial charge is 0.355 e. The van der Waals surface area contributed by atoms with Crippen LogP contribution in [0.4, 0.5) is 5.82 Å². The van der Waals surface area contributed by atoms with Gasteiger partial charge < -0.3 is 10.6 Å². The van der Waals surface area contributed by atoms with Gasteiger partial charge >= 0.3 is 0 Å². The van der Waals surface area contributed by atoms with Crippen LogP contribution in [-0.4, -0.2) is 24.6 Å². The lowest BCUT2D eigenvalue weighted by Crippen LogP contribution is -2.32. The number of hydrogen-bond acceptors (Lipinski definition) is 4. The first-order valence-electron chi connectivity index (χ1n) is 7.03. The third kappa shape index (κ3) is 2.08. The molecule has 0 bridgehead atoms. The minimum Gasteiger partial charge on any atom is -0.355 e. The molecule has 1 saturated heterocycles. The molecule has 1 fully saturated rings. The Morgan fingerprint density at radius 1 is 1.53 bits per heavy atom. The van der Waals surface area contributed by atoms with E-state index in [-0.39, 0.29) is 5.41 Å². The van der Waals surface area contributed by atoms with Crippen molar-refractivity contribution in [3.8, 4) is 6.07 Å². The Bertz CT molecular complexity index is 546. The summed E-state index contributed by atoms with van der Waals surface area (Å²) in [6, 6.07) is 4.36. The summed E-state index contributed by atoms with van der Waals surface area (Å²) in [5.74, 6) is 0.875. The highest BCUT2D eigenvalue weighted by atomic mass is 15.2. The predicted octanol–water partition coefficient (Wildman–Crippen LogP) is 1.62. The predicted molar refractivity (Wildman–Crippen MR) is 75.0 cm³/mol. The van der Waals surface area contributed by atoms with Gasteiger partial charge in [-0.1, -0.05) is 6.92 Å². The van der Waals surface area contributed by atoms with Crippen molar-refractivity contribution in [2.45, 2.75) is 32.6 Å². The lowest BCUT2D eigenvalue weighted by Gasteiger charge is -2.24. The van der Waals surface area contributed by atoms with Crippen LogP contribution in [0.2, 0.25) is 0 Å². The first-order chi connectivity index (χ1) is 9.15. The Labute approximate surface area is 114 Å². The molecule has 1 aliphatic carbocycles. The maximum atomic E-state index is 9.36. The third-order valence-electron chi connectivity index (χ3n) is 4.50. The van der Waals surface area contributed by atoms with Crippen LogP contribution in [0.25, 0.3) is 0 Å². The first-order valence-corrected chi connectivity index (χ1v) is 7.03. The van der Waals surface area contributed by atoms with E-state index in [1.165, 1.54) is 11.3 Å². The van der Waals surface area contributed by atoms with Crippen LogP contribution >= 0.6 is 0 Å². The number of hydrogen-bond donors (Lipinski definition) is 1. The number of aromatic nitrogens is 1. The lowest BCUT2D eigenvalue weighted by molar-refractivity contribution is 0.383. The van der Waals surface area contributed by atoms with Crippen molar-refractivity contribution in [3.63, 3.8) is 0 Å². The zero-order valence-corrected chi connectivity index (χ0v) is 11.4. The summed E-state index contributed by atoms with van der Waals surface area (Å²) in [6.45, 7) is 4.76. The highest BCUT2D eigenvalue weighted by Crippen LogP contribution is 2.34. The molecule has 1 aliphatic heterocycles. The Hall–Kier alpha value is -1.60. The lowest BCUT2D eigenvalue weighted by atomic mass is 9.90. The van der Waals surface area contributed by atoms with Crippen molar-refractivity contribution in [3.05, 3.63) is 22.9 Å². The molecule has 2 aliphatic rings. The Morgan fingerprint density at radius 2 is 2.37 bits per heavy atom. The summed E-state index contributed by atoms with van der Waals surface area (Å²) in [5, 5.41) is 9.36. The second-order valence-corrected chi connectivity index (χ2v) is 6.12. The van der Waals surface area contributed by atoms with Crippen LogP contribution in [0.1, 0.15) is 36.6 Å². The molecule has 100 valence electrons. The number of nitriles is 1. The highest BCUT2D eigenvalue weighted by molar-refractivity contribution is 5.57. The van der Waals surface area contributed by atoms with Gasteiger partial charge in [0.05, 0.1) is 5.56 Å². The van der Waals surface area contributed by atoms with Crippen LogP contribution in [0, 0.1) is 16.7 Å². The molecular formula is C15H20N4. The smallest absolute Gasteiger partial charge is 0.146 e. The maximum Gasteiger partial charge on any atom is 0.146 e. The molecule has 0 aromatic carbocycles. The van der Waals surface area contributed by atoms with Gasteiger partial charge in [-0.25, -0.2) is 4.98 Å². The molecule has 4 nitrogen and oxygen atoms in total. The molecular weight excluding hydrogens is 236 g/mol. The summed E-state index contributed by atoms with van der Waals surface area (Å²) in [4.78, 5) is 7.01. The molecule has 2 N–H and O–H groups in total. The molecule has 19 heavy (non-hydrogen) atoms. The zero-order valence-electron chi connectivity index (χ0n) is 11.4. The van der Waals surface area contributed by atoms with Crippen molar-refractivity contribution in [1.82, 2.24) is 4.98 Å². The normalized spacial score (nSPS) is 25.4. The molecule has 0 amide bonds. The minimum atomic E-state index is 0.160. The van der Waals surface area contributed by atoms with E-state index in [2.05, 4.69) is 17.9 Å². The van der Waals surface area contributed by atoms with E-state index in [9.17, 15) is 5.26 Å². The van der Waals surface area contributed by atoms with Gasteiger partial charge in [0, 0.05) is 18.8 Å². The average Bonchev–Trinajstić information content (AvgIpc) is 3.03. The second kappa shape index (κ2) is 4.50. The molecule has 1 unspecified atom stereocenters. The van der Waals surface area contributed by atoms with Crippen LogP contribution in [-0.2, 0) is 12.8 Å². The van der Waals surface area contributed by atoms with E-state index in [1.807, 2.05) is 6.07 Å². The van der Waals surface area contributed by atoms with Gasteiger partial charge in [-0.05, 0) is 49.3 Å². The molecule has 2 heterocycles. The van der Waals surface area contributed by atoms with Crippen molar-refractivity contribution >= 4 is 5.82 Å². The minimum absolute atomic E-state index is 0.160. The summed E-state index contributed by atoms with van der Waals surface area (Å²) in [6.07, 6.45) is 4.36. The summed E-state index contributed by atoms with van der Waals surface area (Å²) >= 11 is 0. The number of fused-ring (bicyclic) bond motifs is 1. The maximum absolute atomic E-state index is 9.36. The average molecular weight is 256 g/mol. The van der Waals surface area contributed by atoms with Gasteiger partial charge in [0.1, 0.15) is 11.9 Å². The van der Waals surface area contributed by atoms with E-state index in [0.29, 0.717) is 6.54 Å². The summed E-state index contributed by atoms with van der Waals surface area (Å²) in [7, 11) is 0. The van der Waals surface area contributed by atoms with Gasteiger partial charge in [0.15, 0.2) is 0 Å². The van der Waals surface area contributed by atoms with Crippen molar-refractivity contribution in [2.24, 2.45) is 11.1 Å². The summed E-state index contributed by atoms with van der Waals surface area (Å²) in [5.41, 5.74) is 9.20. The number of aryl methyl sites for hydroxylation is 2. The number of nitrogens with two attached hydrogens (primary N) is 1. The molecule has 4 heteroatoms. The molecule has 1 aromatic rings. The van der Waals surface area contributed by atoms with Crippen molar-refractivity contribution in [1.29, 1.82) is 5.26 Å². The van der Waals surface area contributed by atoms with E-state index in [4.69, 9.17) is 10.7 Å². The van der Waals surface area contributed by atoms with Crippen LogP contribution in [0.15, 0.2) is 6.07 Å². The van der Waals surface area contributed by atoms with Crippen LogP contribution in [0.5, 0.6) is 0 Å². The van der Waals surface area contributed by atoms with Gasteiger partial charge in [0.25, 0.3) is 0 Å². The van der Waals surface area contributed by atoms with Crippen LogP contribution < -0.4 is 10.6 Å². The Kier molecular flexibility index (Phi) is 2.94. The topological polar surface area (TPSA) is 65.9 Å². The standard InChI is InChI=1S/C15H20N4/c1-15(9-17)5-6-19(10-15)14-12(8-16)7-11-3-2-4-13(11)18-14/h7H,2-6,9-10,17H2,1H3. The van der Waals surface area contributed by atoms with Gasteiger partial charge in [0.2, 0.25) is 0 Å². The van der Waals surface area contributed by atoms with Crippen LogP contribution in [0.3, 0.4) is 0 Å². The quantitative estimate of drug-likeness (QED) is 0.873. The van der Waals surface area contributed by atoms with Gasteiger partial charge in [-0.3, -0.25) is 0 Å². The van der Waals surface area contributed by atoms with E-state index < -0.39 is 0 Å². The number of anilines is 1. The number of nitrogens with zero attached hydrogens (tertiary/aromatic N) is 3. The molecule has 3 rings (SSSR count). The molecule has 0 spiro atoms. The molecule has 0 radical (unpaired) electrons. The fourth-order valence-corrected chi connectivity index (χ4v) is 3.16. The highest BCUT2D eigenvalue weighted by Gasteiger charge is 2.34. The van der Waals surface area contributed by atoms with E-state index >= 15 is 0 Å². The third-order valence-corrected chi connectivity index (χ3v) is 4.50. The van der Waals surface area contributed by atoms with E-state index in [0.717, 1.165) is 50.2 Å². The Balaban J connectivity index is 1.95. The van der Waals surface area contributed by atoms with E-state index in [1.54, 1.807) is 0 Å². The SMILES string of the molecule is CC1(CN)CCN(c2nc3c(cc2C#N)CCC3)C1. The van der Waals surface area contributed by atoms with Gasteiger partial charge in [-0.2, -0.15) is 5.26 Å². The van der Waals surface area contributed by atoms with Crippen molar-refractivity contribution < 1.29 is 0 Å². The first kappa shape index (κ1) is 12.4. The summed E-state index contributed by atoms with van der Waals surface area (Å²) < 4.78 is 0. The van der Waals surface area contributed by atoms with Crippen molar-refractivity contribution in [2.75, 3.05) is 24.5 Å². The zero-order chi connectivity index (χ0) is 13.5. The number of rotatable bonds is 2. The molecule has 1 atom stereocenters. The monoisotopic (exact) mass is 256 g/mol. The van der Waals surface area contributed by atoms with Gasteiger partial charge in [-0.15, -0.1) is 0 Å². The fourth-order valence-electron chi connectivity index (χ4n) is 3.16. The molecule has 0 saturated carbocycles. The Morgan fingerprint density at radius 3 is 3.05 bits per heavy atom. The number of pyridine rings is 1. The fraction of sp³-hybridized carbons (Fsp3) is 0.600. The molecule has 1 aromatic heterocycles.